The molecular formula is C22H23ClN4O3. The standard InChI is InChI=1S/C22H23ClN4O3/c1-14-8-9-16(15(23)12-14)24-20(28)13-19-21(29)26(10-5-11-30-2)22-25-17-6-3-4-7-18(17)27(19)22/h3-4,6-9,12,19H,5,10-11,13H2,1-2H3,(H,24,28)/t19-/m1/s1. The molecule has 0 fully saturated rings. The molecule has 2 amide bonds. The zero-order valence-corrected chi connectivity index (χ0v) is 17.6. The molecule has 0 aliphatic carbocycles. The summed E-state index contributed by atoms with van der Waals surface area (Å²) in [5.74, 6) is 0.162. The molecule has 1 N–H and O–H groups in total. The lowest BCUT2D eigenvalue weighted by atomic mass is 10.1. The largest absolute Gasteiger partial charge is 0.385 e. The Morgan fingerprint density at radius 1 is 1.27 bits per heavy atom. The van der Waals surface area contributed by atoms with E-state index in [1.165, 1.54) is 0 Å². The Labute approximate surface area is 179 Å². The van der Waals surface area contributed by atoms with E-state index >= 15 is 0 Å². The number of imidazole rings is 1. The van der Waals surface area contributed by atoms with E-state index in [9.17, 15) is 9.59 Å². The molecule has 156 valence electrons. The molecule has 0 spiro atoms. The molecule has 2 heterocycles. The Morgan fingerprint density at radius 3 is 2.83 bits per heavy atom. The number of aryl methyl sites for hydroxylation is 1. The number of hydrogen-bond donors (Lipinski definition) is 1. The van der Waals surface area contributed by atoms with Crippen molar-refractivity contribution in [2.45, 2.75) is 25.8 Å². The van der Waals surface area contributed by atoms with Crippen molar-refractivity contribution in [1.29, 1.82) is 0 Å². The van der Waals surface area contributed by atoms with E-state index in [0.717, 1.165) is 16.6 Å². The number of fused-ring (bicyclic) bond motifs is 3. The smallest absolute Gasteiger partial charge is 0.253 e. The quantitative estimate of drug-likeness (QED) is 0.580. The molecule has 1 aliphatic rings. The van der Waals surface area contributed by atoms with Gasteiger partial charge in [-0.3, -0.25) is 19.1 Å². The molecule has 1 aliphatic heterocycles. The van der Waals surface area contributed by atoms with Crippen LogP contribution in [0.25, 0.3) is 11.0 Å². The van der Waals surface area contributed by atoms with Gasteiger partial charge in [0.05, 0.1) is 28.2 Å². The lowest BCUT2D eigenvalue weighted by Gasteiger charge is -2.16. The molecule has 4 rings (SSSR count). The predicted octanol–water partition coefficient (Wildman–Crippen LogP) is 3.95. The van der Waals surface area contributed by atoms with Gasteiger partial charge in [-0.2, -0.15) is 0 Å². The molecule has 8 heteroatoms. The summed E-state index contributed by atoms with van der Waals surface area (Å²) in [6.07, 6.45) is 0.681. The highest BCUT2D eigenvalue weighted by molar-refractivity contribution is 6.33. The van der Waals surface area contributed by atoms with Crippen LogP contribution in [0.1, 0.15) is 24.4 Å². The first-order valence-electron chi connectivity index (χ1n) is 9.83. The highest BCUT2D eigenvalue weighted by Gasteiger charge is 2.40. The van der Waals surface area contributed by atoms with E-state index in [-0.39, 0.29) is 18.2 Å². The van der Waals surface area contributed by atoms with Crippen molar-refractivity contribution in [1.82, 2.24) is 9.55 Å². The van der Waals surface area contributed by atoms with Crippen LogP contribution in [0.2, 0.25) is 5.02 Å². The van der Waals surface area contributed by atoms with Crippen molar-refractivity contribution >= 4 is 46.1 Å². The number of halogens is 1. The maximum absolute atomic E-state index is 13.2. The first-order valence-corrected chi connectivity index (χ1v) is 10.2. The van der Waals surface area contributed by atoms with Crippen molar-refractivity contribution in [2.75, 3.05) is 30.5 Å². The van der Waals surface area contributed by atoms with Gasteiger partial charge in [0.2, 0.25) is 11.9 Å². The van der Waals surface area contributed by atoms with Crippen LogP contribution >= 0.6 is 11.6 Å². The van der Waals surface area contributed by atoms with Gasteiger partial charge in [0.25, 0.3) is 5.91 Å². The van der Waals surface area contributed by atoms with Crippen LogP contribution in [-0.2, 0) is 14.3 Å². The van der Waals surface area contributed by atoms with Crippen LogP contribution in [0.15, 0.2) is 42.5 Å². The minimum Gasteiger partial charge on any atom is -0.385 e. The van der Waals surface area contributed by atoms with E-state index in [2.05, 4.69) is 10.3 Å². The third-order valence-corrected chi connectivity index (χ3v) is 5.50. The number of amides is 2. The number of anilines is 2. The molecule has 3 aromatic rings. The molecule has 30 heavy (non-hydrogen) atoms. The number of methoxy groups -OCH3 is 1. The number of aromatic nitrogens is 2. The first-order chi connectivity index (χ1) is 14.5. The Morgan fingerprint density at radius 2 is 2.07 bits per heavy atom. The lowest BCUT2D eigenvalue weighted by Crippen LogP contribution is -2.32. The Bertz CT molecular complexity index is 1110. The Kier molecular flexibility index (Phi) is 5.74. The molecule has 7 nitrogen and oxygen atoms in total. The van der Waals surface area contributed by atoms with Crippen LogP contribution in [0.4, 0.5) is 11.6 Å². The van der Waals surface area contributed by atoms with E-state index in [4.69, 9.17) is 16.3 Å². The van der Waals surface area contributed by atoms with Gasteiger partial charge in [-0.05, 0) is 43.2 Å². The summed E-state index contributed by atoms with van der Waals surface area (Å²) in [5.41, 5.74) is 3.17. The number of nitrogens with one attached hydrogen (secondary N) is 1. The number of ether oxygens (including phenoxy) is 1. The van der Waals surface area contributed by atoms with Crippen molar-refractivity contribution in [2.24, 2.45) is 0 Å². The van der Waals surface area contributed by atoms with Gasteiger partial charge >= 0.3 is 0 Å². The van der Waals surface area contributed by atoms with Crippen molar-refractivity contribution in [3.05, 3.63) is 53.1 Å². The molecule has 0 saturated heterocycles. The second-order valence-corrected chi connectivity index (χ2v) is 7.77. The number of rotatable bonds is 7. The van der Waals surface area contributed by atoms with Gasteiger partial charge in [-0.1, -0.05) is 29.8 Å². The van der Waals surface area contributed by atoms with Gasteiger partial charge in [-0.25, -0.2) is 4.98 Å². The summed E-state index contributed by atoms with van der Waals surface area (Å²) in [4.78, 5) is 32.3. The van der Waals surface area contributed by atoms with Gasteiger partial charge in [0.15, 0.2) is 0 Å². The molecular weight excluding hydrogens is 404 g/mol. The van der Waals surface area contributed by atoms with E-state index in [1.54, 1.807) is 24.1 Å². The zero-order valence-electron chi connectivity index (χ0n) is 16.9. The van der Waals surface area contributed by atoms with Crippen LogP contribution in [0, 0.1) is 6.92 Å². The maximum Gasteiger partial charge on any atom is 0.253 e. The minimum atomic E-state index is -0.654. The summed E-state index contributed by atoms with van der Waals surface area (Å²) in [6, 6.07) is 12.4. The van der Waals surface area contributed by atoms with E-state index in [1.807, 2.05) is 41.8 Å². The second kappa shape index (κ2) is 8.45. The van der Waals surface area contributed by atoms with Crippen LogP contribution in [0.3, 0.4) is 0 Å². The number of nitrogens with zero attached hydrogens (tertiary/aromatic N) is 3. The third-order valence-electron chi connectivity index (χ3n) is 5.19. The Balaban J connectivity index is 1.61. The molecule has 1 aromatic heterocycles. The van der Waals surface area contributed by atoms with Gasteiger partial charge < -0.3 is 10.1 Å². The highest BCUT2D eigenvalue weighted by atomic mass is 35.5. The van der Waals surface area contributed by atoms with Crippen molar-refractivity contribution < 1.29 is 14.3 Å². The molecule has 0 radical (unpaired) electrons. The molecule has 2 aromatic carbocycles. The molecule has 1 atom stereocenters. The molecule has 0 saturated carbocycles. The van der Waals surface area contributed by atoms with E-state index < -0.39 is 6.04 Å². The summed E-state index contributed by atoms with van der Waals surface area (Å²) in [7, 11) is 1.63. The van der Waals surface area contributed by atoms with Gasteiger partial charge in [0.1, 0.15) is 6.04 Å². The number of hydrogen-bond acceptors (Lipinski definition) is 4. The monoisotopic (exact) mass is 426 g/mol. The van der Waals surface area contributed by atoms with Crippen LogP contribution in [-0.4, -0.2) is 41.6 Å². The third kappa shape index (κ3) is 3.78. The summed E-state index contributed by atoms with van der Waals surface area (Å²) in [5, 5.41) is 3.30. The van der Waals surface area contributed by atoms with Crippen LogP contribution in [0.5, 0.6) is 0 Å². The number of carbonyl (C=O) groups excluding carboxylic acids is 2. The SMILES string of the molecule is COCCCN1C(=O)[C@@H](CC(=O)Nc2ccc(C)cc2Cl)n2c1nc1ccccc12. The average molecular weight is 427 g/mol. The second-order valence-electron chi connectivity index (χ2n) is 7.36. The average Bonchev–Trinajstić information content (AvgIpc) is 3.20. The maximum atomic E-state index is 13.2. The van der Waals surface area contributed by atoms with Gasteiger partial charge in [-0.15, -0.1) is 0 Å². The number of para-hydroxylation sites is 2. The summed E-state index contributed by atoms with van der Waals surface area (Å²) < 4.78 is 6.98. The zero-order chi connectivity index (χ0) is 21.3. The Hall–Kier alpha value is -2.90. The summed E-state index contributed by atoms with van der Waals surface area (Å²) >= 11 is 6.24. The minimum absolute atomic E-state index is 0.00281. The van der Waals surface area contributed by atoms with Crippen molar-refractivity contribution in [3.8, 4) is 0 Å². The summed E-state index contributed by atoms with van der Waals surface area (Å²) in [6.45, 7) is 2.96. The number of carbonyl (C=O) groups is 2. The normalized spacial score (nSPS) is 15.6. The predicted molar refractivity (Wildman–Crippen MR) is 117 cm³/mol. The first kappa shape index (κ1) is 20.4. The molecule has 0 unspecified atom stereocenters. The fourth-order valence-electron chi connectivity index (χ4n) is 3.77. The van der Waals surface area contributed by atoms with Crippen LogP contribution < -0.4 is 10.2 Å². The van der Waals surface area contributed by atoms with E-state index in [0.29, 0.717) is 36.2 Å². The molecule has 0 bridgehead atoms. The van der Waals surface area contributed by atoms with Gasteiger partial charge in [0, 0.05) is 20.3 Å². The fourth-order valence-corrected chi connectivity index (χ4v) is 4.05. The highest BCUT2D eigenvalue weighted by Crippen LogP contribution is 2.36. The fraction of sp³-hybridized carbons (Fsp3) is 0.318. The number of benzene rings is 2. The van der Waals surface area contributed by atoms with Crippen molar-refractivity contribution in [3.63, 3.8) is 0 Å². The lowest BCUT2D eigenvalue weighted by molar-refractivity contribution is -0.124. The topological polar surface area (TPSA) is 76.5 Å².